The molecule has 2 fully saturated rings. The van der Waals surface area contributed by atoms with E-state index in [9.17, 15) is 4.79 Å². The molecule has 5 heteroatoms. The number of rotatable bonds is 3. The Labute approximate surface area is 127 Å². The van der Waals surface area contributed by atoms with E-state index >= 15 is 0 Å². The minimum absolute atomic E-state index is 0.490. The van der Waals surface area contributed by atoms with Gasteiger partial charge in [-0.15, -0.1) is 11.3 Å². The third-order valence-corrected chi connectivity index (χ3v) is 5.67. The maximum absolute atomic E-state index is 11.2. The number of nitrogens with one attached hydrogen (secondary N) is 1. The van der Waals surface area contributed by atoms with E-state index in [1.807, 2.05) is 12.3 Å². The Balaban J connectivity index is 1.77. The van der Waals surface area contributed by atoms with Crippen LogP contribution in [0, 0.1) is 5.92 Å². The summed E-state index contributed by atoms with van der Waals surface area (Å²) in [5, 5.41) is 2.32. The summed E-state index contributed by atoms with van der Waals surface area (Å²) >= 11 is 1.58. The van der Waals surface area contributed by atoms with Gasteiger partial charge in [0, 0.05) is 48.4 Å². The van der Waals surface area contributed by atoms with Crippen molar-refractivity contribution in [3.63, 3.8) is 0 Å². The molecule has 2 aromatic heterocycles. The van der Waals surface area contributed by atoms with Crippen LogP contribution in [0.3, 0.4) is 0 Å². The number of hydrogen-bond donors (Lipinski definition) is 1. The van der Waals surface area contributed by atoms with Crippen LogP contribution in [0.5, 0.6) is 0 Å². The first-order chi connectivity index (χ1) is 10.3. The van der Waals surface area contributed by atoms with E-state index in [1.54, 1.807) is 17.5 Å². The average molecular weight is 299 g/mol. The highest BCUT2D eigenvalue weighted by Gasteiger charge is 2.36. The Morgan fingerprint density at radius 3 is 3.24 bits per heavy atom. The van der Waals surface area contributed by atoms with Crippen molar-refractivity contribution in [1.29, 1.82) is 0 Å². The van der Waals surface area contributed by atoms with Crippen molar-refractivity contribution in [2.75, 3.05) is 19.6 Å². The molecular weight excluding hydrogens is 282 g/mol. The van der Waals surface area contributed by atoms with Gasteiger partial charge in [0.1, 0.15) is 0 Å². The molecule has 0 amide bonds. The lowest BCUT2D eigenvalue weighted by Gasteiger charge is -2.31. The van der Waals surface area contributed by atoms with E-state index in [4.69, 9.17) is 0 Å². The highest BCUT2D eigenvalue weighted by molar-refractivity contribution is 7.17. The molecule has 0 aliphatic carbocycles. The van der Waals surface area contributed by atoms with Gasteiger partial charge >= 0.3 is 0 Å². The van der Waals surface area contributed by atoms with Gasteiger partial charge < -0.3 is 0 Å². The SMILES string of the molecule is O=Cc1cc(C2CNN3CCC2C3)c(-c2cccnc2)s1. The molecule has 21 heavy (non-hydrogen) atoms. The number of thiophene rings is 1. The van der Waals surface area contributed by atoms with Crippen LogP contribution in [0.15, 0.2) is 30.6 Å². The van der Waals surface area contributed by atoms with Gasteiger partial charge in [0.25, 0.3) is 0 Å². The third kappa shape index (κ3) is 2.31. The fourth-order valence-electron chi connectivity index (χ4n) is 3.50. The summed E-state index contributed by atoms with van der Waals surface area (Å²) in [5.74, 6) is 1.18. The molecule has 4 nitrogen and oxygen atoms in total. The summed E-state index contributed by atoms with van der Waals surface area (Å²) in [6.07, 6.45) is 5.87. The van der Waals surface area contributed by atoms with Crippen molar-refractivity contribution in [1.82, 2.24) is 15.4 Å². The third-order valence-electron chi connectivity index (χ3n) is 4.55. The number of carbonyl (C=O) groups excluding carboxylic acids is 1. The molecule has 2 bridgehead atoms. The lowest BCUT2D eigenvalue weighted by Crippen LogP contribution is -2.44. The molecule has 4 heterocycles. The number of hydrazine groups is 1. The van der Waals surface area contributed by atoms with Crippen LogP contribution >= 0.6 is 11.3 Å². The van der Waals surface area contributed by atoms with Gasteiger partial charge in [-0.3, -0.25) is 15.2 Å². The van der Waals surface area contributed by atoms with Crippen molar-refractivity contribution >= 4 is 17.6 Å². The Kier molecular flexibility index (Phi) is 3.33. The van der Waals surface area contributed by atoms with Gasteiger partial charge in [-0.1, -0.05) is 6.07 Å². The maximum Gasteiger partial charge on any atom is 0.160 e. The van der Waals surface area contributed by atoms with Gasteiger partial charge in [-0.25, -0.2) is 5.01 Å². The van der Waals surface area contributed by atoms with E-state index in [1.165, 1.54) is 16.9 Å². The largest absolute Gasteiger partial charge is 0.297 e. The minimum Gasteiger partial charge on any atom is -0.297 e. The number of nitrogens with zero attached hydrogens (tertiary/aromatic N) is 2. The molecular formula is C16H17N3OS. The second kappa shape index (κ2) is 5.33. The predicted molar refractivity (Wildman–Crippen MR) is 83.4 cm³/mol. The highest BCUT2D eigenvalue weighted by atomic mass is 32.1. The molecule has 1 N–H and O–H groups in total. The van der Waals surface area contributed by atoms with Crippen molar-refractivity contribution in [2.45, 2.75) is 12.3 Å². The summed E-state index contributed by atoms with van der Waals surface area (Å²) in [6, 6.07) is 6.12. The van der Waals surface area contributed by atoms with E-state index < -0.39 is 0 Å². The van der Waals surface area contributed by atoms with Crippen LogP contribution in [0.4, 0.5) is 0 Å². The first-order valence-electron chi connectivity index (χ1n) is 7.33. The Bertz CT molecular complexity index is 655. The van der Waals surface area contributed by atoms with E-state index in [-0.39, 0.29) is 0 Å². The number of aldehydes is 1. The zero-order valence-electron chi connectivity index (χ0n) is 11.7. The number of carbonyl (C=O) groups is 1. The standard InChI is InChI=1S/C16H17N3OS/c20-10-13-6-14(15-8-18-19-5-3-12(15)9-19)16(21-13)11-2-1-4-17-7-11/h1-2,4,6-7,10,12,15,18H,3,5,8-9H2. The lowest BCUT2D eigenvalue weighted by molar-refractivity contribution is 0.112. The van der Waals surface area contributed by atoms with E-state index in [0.29, 0.717) is 11.8 Å². The topological polar surface area (TPSA) is 45.2 Å². The summed E-state index contributed by atoms with van der Waals surface area (Å²) in [7, 11) is 0. The molecule has 4 rings (SSSR count). The Morgan fingerprint density at radius 1 is 1.48 bits per heavy atom. The number of pyridine rings is 1. The average Bonchev–Trinajstić information content (AvgIpc) is 3.13. The molecule has 0 saturated carbocycles. The zero-order chi connectivity index (χ0) is 14.2. The second-order valence-electron chi connectivity index (χ2n) is 5.76. The second-order valence-corrected chi connectivity index (χ2v) is 6.84. The monoisotopic (exact) mass is 299 g/mol. The smallest absolute Gasteiger partial charge is 0.160 e. The van der Waals surface area contributed by atoms with Crippen LogP contribution in [0.1, 0.15) is 27.6 Å². The molecule has 2 saturated heterocycles. The van der Waals surface area contributed by atoms with Crippen LogP contribution in [0.25, 0.3) is 10.4 Å². The first kappa shape index (κ1) is 13.1. The summed E-state index contributed by atoms with van der Waals surface area (Å²) < 4.78 is 0. The summed E-state index contributed by atoms with van der Waals surface area (Å²) in [6.45, 7) is 3.21. The lowest BCUT2D eigenvalue weighted by atomic mass is 9.84. The zero-order valence-corrected chi connectivity index (χ0v) is 12.5. The molecule has 2 aromatic rings. The molecule has 0 spiro atoms. The fraction of sp³-hybridized carbons (Fsp3) is 0.375. The molecule has 3 atom stereocenters. The quantitative estimate of drug-likeness (QED) is 0.885. The molecule has 108 valence electrons. The minimum atomic E-state index is 0.490. The first-order valence-corrected chi connectivity index (χ1v) is 8.14. The van der Waals surface area contributed by atoms with Gasteiger partial charge in [0.15, 0.2) is 6.29 Å². The van der Waals surface area contributed by atoms with Gasteiger partial charge in [0.2, 0.25) is 0 Å². The summed E-state index contributed by atoms with van der Waals surface area (Å²) in [4.78, 5) is 17.5. The Morgan fingerprint density at radius 2 is 2.43 bits per heavy atom. The van der Waals surface area contributed by atoms with Crippen molar-refractivity contribution in [3.05, 3.63) is 41.0 Å². The maximum atomic E-state index is 11.2. The van der Waals surface area contributed by atoms with E-state index in [0.717, 1.165) is 36.4 Å². The van der Waals surface area contributed by atoms with Crippen molar-refractivity contribution in [2.24, 2.45) is 5.92 Å². The molecule has 0 radical (unpaired) electrons. The molecule has 3 unspecified atom stereocenters. The van der Waals surface area contributed by atoms with E-state index in [2.05, 4.69) is 27.6 Å². The predicted octanol–water partition coefficient (Wildman–Crippen LogP) is 2.55. The molecule has 2 aliphatic rings. The van der Waals surface area contributed by atoms with Crippen LogP contribution < -0.4 is 5.43 Å². The number of hydrogen-bond acceptors (Lipinski definition) is 5. The van der Waals surface area contributed by atoms with Crippen LogP contribution in [0.2, 0.25) is 0 Å². The van der Waals surface area contributed by atoms with Crippen molar-refractivity contribution in [3.8, 4) is 10.4 Å². The normalized spacial score (nSPS) is 27.7. The molecule has 0 aromatic carbocycles. The van der Waals surface area contributed by atoms with Crippen molar-refractivity contribution < 1.29 is 4.79 Å². The number of fused-ring (bicyclic) bond motifs is 2. The Hall–Kier alpha value is -1.56. The van der Waals surface area contributed by atoms with Gasteiger partial charge in [-0.2, -0.15) is 0 Å². The fourth-order valence-corrected chi connectivity index (χ4v) is 4.54. The molecule has 2 aliphatic heterocycles. The van der Waals surface area contributed by atoms with Crippen LogP contribution in [-0.2, 0) is 0 Å². The number of aromatic nitrogens is 1. The van der Waals surface area contributed by atoms with Gasteiger partial charge in [0.05, 0.1) is 4.88 Å². The van der Waals surface area contributed by atoms with Crippen LogP contribution in [-0.4, -0.2) is 35.9 Å². The van der Waals surface area contributed by atoms with Gasteiger partial charge in [-0.05, 0) is 30.0 Å². The highest BCUT2D eigenvalue weighted by Crippen LogP contribution is 2.42. The summed E-state index contributed by atoms with van der Waals surface area (Å²) in [5.41, 5.74) is 5.93.